The Morgan fingerprint density at radius 2 is 1.73 bits per heavy atom. The van der Waals surface area contributed by atoms with Crippen molar-refractivity contribution in [2.75, 3.05) is 0 Å². The van der Waals surface area contributed by atoms with Gasteiger partial charge in [-0.3, -0.25) is 9.78 Å². The SMILES string of the molecule is CCCC(N)=O.O=C(O)c1ccc2c(c1)cc(COc1ccccc1)n2Cc1cccc2cccnc12. The average molecular weight is 496 g/mol. The summed E-state index contributed by atoms with van der Waals surface area (Å²) in [7, 11) is 0. The highest BCUT2D eigenvalue weighted by Gasteiger charge is 2.14. The summed E-state index contributed by atoms with van der Waals surface area (Å²) in [5.41, 5.74) is 9.02. The number of aromatic carboxylic acids is 1. The second-order valence-electron chi connectivity index (χ2n) is 8.61. The average Bonchev–Trinajstić information content (AvgIpc) is 3.25. The summed E-state index contributed by atoms with van der Waals surface area (Å²) in [6.45, 7) is 2.90. The van der Waals surface area contributed by atoms with Gasteiger partial charge in [-0.25, -0.2) is 4.79 Å². The van der Waals surface area contributed by atoms with Gasteiger partial charge in [0, 0.05) is 28.9 Å². The number of pyridine rings is 1. The van der Waals surface area contributed by atoms with Crippen LogP contribution in [0.1, 0.15) is 41.4 Å². The van der Waals surface area contributed by atoms with Crippen LogP contribution in [-0.4, -0.2) is 26.5 Å². The Kier molecular flexibility index (Phi) is 8.15. The van der Waals surface area contributed by atoms with E-state index in [-0.39, 0.29) is 11.5 Å². The maximum absolute atomic E-state index is 11.4. The molecule has 7 heteroatoms. The van der Waals surface area contributed by atoms with Gasteiger partial charge < -0.3 is 20.1 Å². The molecule has 0 bridgehead atoms. The first-order chi connectivity index (χ1) is 18.0. The minimum atomic E-state index is -0.935. The van der Waals surface area contributed by atoms with E-state index >= 15 is 0 Å². The van der Waals surface area contributed by atoms with Crippen molar-refractivity contribution < 1.29 is 19.4 Å². The summed E-state index contributed by atoms with van der Waals surface area (Å²) in [6, 6.07) is 27.0. The van der Waals surface area contributed by atoms with Crippen molar-refractivity contribution in [2.45, 2.75) is 32.9 Å². The Hall–Kier alpha value is -4.65. The van der Waals surface area contributed by atoms with Gasteiger partial charge in [-0.2, -0.15) is 0 Å². The molecule has 3 aromatic carbocycles. The molecule has 188 valence electrons. The summed E-state index contributed by atoms with van der Waals surface area (Å²) in [5, 5.41) is 11.4. The van der Waals surface area contributed by atoms with Crippen LogP contribution in [0.25, 0.3) is 21.8 Å². The zero-order chi connectivity index (χ0) is 26.2. The Morgan fingerprint density at radius 3 is 2.43 bits per heavy atom. The molecular weight excluding hydrogens is 466 g/mol. The number of nitrogens with zero attached hydrogens (tertiary/aromatic N) is 2. The van der Waals surface area contributed by atoms with Gasteiger partial charge in [0.05, 0.1) is 23.3 Å². The van der Waals surface area contributed by atoms with Gasteiger partial charge in [-0.1, -0.05) is 49.4 Å². The lowest BCUT2D eigenvalue weighted by Gasteiger charge is -2.13. The lowest BCUT2D eigenvalue weighted by molar-refractivity contribution is -0.118. The molecule has 5 rings (SSSR count). The number of carbonyl (C=O) groups excluding carboxylic acids is 1. The third-order valence-electron chi connectivity index (χ3n) is 5.91. The van der Waals surface area contributed by atoms with Crippen LogP contribution < -0.4 is 10.5 Å². The number of para-hydroxylation sites is 2. The molecule has 0 unspecified atom stereocenters. The van der Waals surface area contributed by atoms with Crippen LogP contribution >= 0.6 is 0 Å². The number of primary amides is 1. The fourth-order valence-electron chi connectivity index (χ4n) is 4.15. The topological polar surface area (TPSA) is 107 Å². The predicted molar refractivity (Wildman–Crippen MR) is 145 cm³/mol. The van der Waals surface area contributed by atoms with Crippen LogP contribution in [0.3, 0.4) is 0 Å². The molecule has 1 amide bonds. The summed E-state index contributed by atoms with van der Waals surface area (Å²) in [6.07, 6.45) is 3.17. The highest BCUT2D eigenvalue weighted by Crippen LogP contribution is 2.26. The number of fused-ring (bicyclic) bond motifs is 2. The monoisotopic (exact) mass is 495 g/mol. The number of hydrogen-bond donors (Lipinski definition) is 2. The molecule has 7 nitrogen and oxygen atoms in total. The number of carboxylic acid groups (broad SMARTS) is 1. The molecule has 0 atom stereocenters. The van der Waals surface area contributed by atoms with Crippen LogP contribution in [0.5, 0.6) is 5.75 Å². The fourth-order valence-corrected chi connectivity index (χ4v) is 4.15. The molecule has 0 spiro atoms. The van der Waals surface area contributed by atoms with Crippen molar-refractivity contribution in [2.24, 2.45) is 5.73 Å². The second kappa shape index (κ2) is 11.9. The molecule has 0 saturated carbocycles. The van der Waals surface area contributed by atoms with Gasteiger partial charge in [0.2, 0.25) is 5.91 Å². The van der Waals surface area contributed by atoms with Crippen molar-refractivity contribution in [1.82, 2.24) is 9.55 Å². The summed E-state index contributed by atoms with van der Waals surface area (Å²) >= 11 is 0. The molecule has 0 aliphatic carbocycles. The summed E-state index contributed by atoms with van der Waals surface area (Å²) in [4.78, 5) is 25.8. The Labute approximate surface area is 215 Å². The molecular formula is C30H29N3O4. The standard InChI is InChI=1S/C26H20N2O3.C4H9NO/c29-26(30)19-11-12-24-21(14-19)15-22(17-31-23-9-2-1-3-10-23)28(24)16-20-7-4-6-18-8-5-13-27-25(18)20;1-2-3-4(5)6/h1-15H,16-17H2,(H,29,30);2-3H2,1H3,(H2,5,6). The number of rotatable bonds is 8. The third kappa shape index (κ3) is 6.32. The van der Waals surface area contributed by atoms with E-state index in [1.165, 1.54) is 0 Å². The minimum Gasteiger partial charge on any atom is -0.487 e. The number of aromatic nitrogens is 2. The first-order valence-corrected chi connectivity index (χ1v) is 12.1. The summed E-state index contributed by atoms with van der Waals surface area (Å²) < 4.78 is 8.19. The minimum absolute atomic E-state index is 0.211. The van der Waals surface area contributed by atoms with Gasteiger partial charge in [0.25, 0.3) is 0 Å². The third-order valence-corrected chi connectivity index (χ3v) is 5.91. The van der Waals surface area contributed by atoms with Gasteiger partial charge in [0.15, 0.2) is 0 Å². The van der Waals surface area contributed by atoms with E-state index in [9.17, 15) is 14.7 Å². The van der Waals surface area contributed by atoms with Gasteiger partial charge in [-0.15, -0.1) is 0 Å². The van der Waals surface area contributed by atoms with Crippen molar-refractivity contribution in [1.29, 1.82) is 0 Å². The van der Waals surface area contributed by atoms with Crippen molar-refractivity contribution >= 4 is 33.7 Å². The normalized spacial score (nSPS) is 10.6. The van der Waals surface area contributed by atoms with Crippen molar-refractivity contribution in [3.8, 4) is 5.75 Å². The molecule has 0 fully saturated rings. The van der Waals surface area contributed by atoms with E-state index in [1.807, 2.05) is 61.5 Å². The van der Waals surface area contributed by atoms with Gasteiger partial charge in [0.1, 0.15) is 12.4 Å². The number of benzene rings is 3. The lowest BCUT2D eigenvalue weighted by Crippen LogP contribution is -2.08. The van der Waals surface area contributed by atoms with E-state index in [2.05, 4.69) is 27.8 Å². The highest BCUT2D eigenvalue weighted by molar-refractivity contribution is 5.94. The van der Waals surface area contributed by atoms with Crippen molar-refractivity contribution in [3.05, 3.63) is 108 Å². The molecule has 2 aromatic heterocycles. The number of hydrogen-bond acceptors (Lipinski definition) is 4. The van der Waals surface area contributed by atoms with Crippen LogP contribution in [0.4, 0.5) is 0 Å². The first-order valence-electron chi connectivity index (χ1n) is 12.1. The largest absolute Gasteiger partial charge is 0.487 e. The Morgan fingerprint density at radius 1 is 0.946 bits per heavy atom. The quantitative estimate of drug-likeness (QED) is 0.283. The number of nitrogens with two attached hydrogens (primary N) is 1. The fraction of sp³-hybridized carbons (Fsp3) is 0.167. The number of amides is 1. The van der Waals surface area contributed by atoms with Crippen LogP contribution in [0, 0.1) is 0 Å². The predicted octanol–water partition coefficient (Wildman–Crippen LogP) is 5.79. The summed E-state index contributed by atoms with van der Waals surface area (Å²) in [5.74, 6) is -0.357. The highest BCUT2D eigenvalue weighted by atomic mass is 16.5. The molecule has 0 aliphatic heterocycles. The zero-order valence-electron chi connectivity index (χ0n) is 20.6. The van der Waals surface area contributed by atoms with Crippen LogP contribution in [0.15, 0.2) is 91.1 Å². The molecule has 5 aromatic rings. The lowest BCUT2D eigenvalue weighted by atomic mass is 10.1. The molecule has 2 heterocycles. The second-order valence-corrected chi connectivity index (χ2v) is 8.61. The maximum atomic E-state index is 11.4. The van der Waals surface area contributed by atoms with E-state index in [0.29, 0.717) is 19.6 Å². The van der Waals surface area contributed by atoms with E-state index < -0.39 is 5.97 Å². The smallest absolute Gasteiger partial charge is 0.335 e. The molecule has 0 saturated heterocycles. The Bertz CT molecular complexity index is 1520. The molecule has 37 heavy (non-hydrogen) atoms. The van der Waals surface area contributed by atoms with Gasteiger partial charge in [-0.05, 0) is 54.4 Å². The number of carbonyl (C=O) groups is 2. The van der Waals surface area contributed by atoms with Crippen molar-refractivity contribution in [3.63, 3.8) is 0 Å². The molecule has 0 aliphatic rings. The number of ether oxygens (including phenoxy) is 1. The van der Waals surface area contributed by atoms with Crippen LogP contribution in [-0.2, 0) is 17.9 Å². The maximum Gasteiger partial charge on any atom is 0.335 e. The molecule has 0 radical (unpaired) electrons. The van der Waals surface area contributed by atoms with E-state index in [4.69, 9.17) is 10.5 Å². The Balaban J connectivity index is 0.000000480. The van der Waals surface area contributed by atoms with Gasteiger partial charge >= 0.3 is 5.97 Å². The van der Waals surface area contributed by atoms with E-state index in [0.717, 1.165) is 45.2 Å². The number of carboxylic acids is 1. The van der Waals surface area contributed by atoms with Crippen LogP contribution in [0.2, 0.25) is 0 Å². The van der Waals surface area contributed by atoms with E-state index in [1.54, 1.807) is 18.3 Å². The first kappa shape index (κ1) is 25.4. The zero-order valence-corrected chi connectivity index (χ0v) is 20.6. The molecule has 3 N–H and O–H groups in total.